The van der Waals surface area contributed by atoms with E-state index in [2.05, 4.69) is 5.09 Å². The highest BCUT2D eigenvalue weighted by molar-refractivity contribution is 7.51. The van der Waals surface area contributed by atoms with Gasteiger partial charge in [-0.25, -0.2) is 9.36 Å². The van der Waals surface area contributed by atoms with Gasteiger partial charge >= 0.3 is 19.7 Å². The minimum absolute atomic E-state index is 0.00404. The lowest BCUT2D eigenvalue weighted by molar-refractivity contribution is -0.149. The van der Waals surface area contributed by atoms with Crippen LogP contribution in [-0.2, 0) is 18.8 Å². The molecule has 0 bridgehead atoms. The second kappa shape index (κ2) is 8.28. The predicted octanol–water partition coefficient (Wildman–Crippen LogP) is 2.27. The number of para-hydroxylation sites is 1. The molecule has 9 heteroatoms. The standard InChI is InChI=1S/C15H22NO7P/c1-5-21-13(17)11-9-7-8-10-12(11)23-24(19,20)16-15(3,4)14(18)22-6-2/h7-10H,5-6H2,1-4H3,(H2,16,19,20). The van der Waals surface area contributed by atoms with Crippen molar-refractivity contribution >= 4 is 19.7 Å². The molecule has 1 aromatic carbocycles. The third-order valence-electron chi connectivity index (χ3n) is 2.81. The van der Waals surface area contributed by atoms with Gasteiger partial charge in [0.1, 0.15) is 16.9 Å². The van der Waals surface area contributed by atoms with Crippen molar-refractivity contribution in [1.82, 2.24) is 5.09 Å². The molecule has 8 nitrogen and oxygen atoms in total. The third kappa shape index (κ3) is 5.63. The minimum Gasteiger partial charge on any atom is -0.465 e. The summed E-state index contributed by atoms with van der Waals surface area (Å²) in [4.78, 5) is 33.7. The van der Waals surface area contributed by atoms with E-state index in [1.807, 2.05) is 0 Å². The molecule has 0 spiro atoms. The zero-order valence-electron chi connectivity index (χ0n) is 14.1. The smallest absolute Gasteiger partial charge is 0.457 e. The number of hydrogen-bond acceptors (Lipinski definition) is 6. The van der Waals surface area contributed by atoms with Crippen molar-refractivity contribution in [3.63, 3.8) is 0 Å². The van der Waals surface area contributed by atoms with Crippen LogP contribution in [-0.4, -0.2) is 35.6 Å². The zero-order chi connectivity index (χ0) is 18.4. The second-order valence-corrected chi connectivity index (χ2v) is 6.73. The molecule has 1 rings (SSSR count). The molecule has 134 valence electrons. The van der Waals surface area contributed by atoms with Crippen LogP contribution in [0.3, 0.4) is 0 Å². The van der Waals surface area contributed by atoms with Gasteiger partial charge in [-0.3, -0.25) is 4.79 Å². The van der Waals surface area contributed by atoms with E-state index in [4.69, 9.17) is 14.0 Å². The molecule has 0 saturated carbocycles. The molecule has 2 N–H and O–H groups in total. The molecule has 0 aliphatic carbocycles. The van der Waals surface area contributed by atoms with Gasteiger partial charge < -0.3 is 18.9 Å². The summed E-state index contributed by atoms with van der Waals surface area (Å²) in [5.41, 5.74) is -1.46. The van der Waals surface area contributed by atoms with Gasteiger partial charge in [0.05, 0.1) is 13.2 Å². The summed E-state index contributed by atoms with van der Waals surface area (Å²) in [7, 11) is -4.46. The van der Waals surface area contributed by atoms with Gasteiger partial charge in [-0.15, -0.1) is 0 Å². The Morgan fingerprint density at radius 1 is 1.17 bits per heavy atom. The van der Waals surface area contributed by atoms with E-state index >= 15 is 0 Å². The van der Waals surface area contributed by atoms with Gasteiger partial charge in [0.2, 0.25) is 0 Å². The Hall–Kier alpha value is -1.89. The molecular weight excluding hydrogens is 337 g/mol. The number of ether oxygens (including phenoxy) is 2. The summed E-state index contributed by atoms with van der Waals surface area (Å²) in [6.07, 6.45) is 0. The number of benzene rings is 1. The quantitative estimate of drug-likeness (QED) is 0.537. The maximum atomic E-state index is 12.3. The monoisotopic (exact) mass is 359 g/mol. The molecule has 0 fully saturated rings. The van der Waals surface area contributed by atoms with Crippen molar-refractivity contribution in [3.8, 4) is 5.75 Å². The Morgan fingerprint density at radius 2 is 1.75 bits per heavy atom. The van der Waals surface area contributed by atoms with Crippen LogP contribution < -0.4 is 9.61 Å². The number of rotatable bonds is 8. The number of esters is 2. The molecule has 0 amide bonds. The molecule has 0 aromatic heterocycles. The van der Waals surface area contributed by atoms with Crippen molar-refractivity contribution < 1.29 is 33.0 Å². The van der Waals surface area contributed by atoms with E-state index in [-0.39, 0.29) is 24.5 Å². The molecule has 0 aliphatic rings. The van der Waals surface area contributed by atoms with E-state index in [1.165, 1.54) is 32.0 Å². The van der Waals surface area contributed by atoms with Crippen LogP contribution in [0.4, 0.5) is 0 Å². The first-order valence-electron chi connectivity index (χ1n) is 7.38. The van der Waals surface area contributed by atoms with Crippen molar-refractivity contribution in [1.29, 1.82) is 0 Å². The van der Waals surface area contributed by atoms with E-state index in [0.29, 0.717) is 0 Å². The molecule has 0 heterocycles. The Kier molecular flexibility index (Phi) is 6.95. The summed E-state index contributed by atoms with van der Waals surface area (Å²) in [6, 6.07) is 5.87. The molecule has 1 aromatic rings. The molecule has 24 heavy (non-hydrogen) atoms. The van der Waals surface area contributed by atoms with E-state index < -0.39 is 25.2 Å². The first kappa shape index (κ1) is 20.2. The molecule has 1 unspecified atom stereocenters. The topological polar surface area (TPSA) is 111 Å². The van der Waals surface area contributed by atoms with E-state index in [1.54, 1.807) is 19.9 Å². The molecule has 0 saturated heterocycles. The highest BCUT2D eigenvalue weighted by Crippen LogP contribution is 2.42. The average molecular weight is 359 g/mol. The normalized spacial score (nSPS) is 13.7. The summed E-state index contributed by atoms with van der Waals surface area (Å²) < 4.78 is 27.1. The van der Waals surface area contributed by atoms with Gasteiger partial charge in [-0.05, 0) is 39.8 Å². The van der Waals surface area contributed by atoms with Gasteiger partial charge in [0.15, 0.2) is 0 Å². The number of carbonyl (C=O) groups excluding carboxylic acids is 2. The van der Waals surface area contributed by atoms with Gasteiger partial charge in [0.25, 0.3) is 0 Å². The van der Waals surface area contributed by atoms with Crippen molar-refractivity contribution in [2.45, 2.75) is 33.2 Å². The molecular formula is C15H22NO7P. The Morgan fingerprint density at radius 3 is 2.33 bits per heavy atom. The molecule has 0 radical (unpaired) electrons. The first-order valence-corrected chi connectivity index (χ1v) is 8.96. The zero-order valence-corrected chi connectivity index (χ0v) is 15.0. The summed E-state index contributed by atoms with van der Waals surface area (Å²) in [6.45, 7) is 6.31. The Balaban J connectivity index is 2.97. The van der Waals surface area contributed by atoms with Gasteiger partial charge in [-0.2, -0.15) is 5.09 Å². The maximum Gasteiger partial charge on any atom is 0.457 e. The summed E-state index contributed by atoms with van der Waals surface area (Å²) >= 11 is 0. The van der Waals surface area contributed by atoms with Crippen LogP contribution in [0, 0.1) is 0 Å². The van der Waals surface area contributed by atoms with Crippen LogP contribution >= 0.6 is 7.75 Å². The predicted molar refractivity (Wildman–Crippen MR) is 86.7 cm³/mol. The molecule has 1 atom stereocenters. The number of hydrogen-bond donors (Lipinski definition) is 2. The highest BCUT2D eigenvalue weighted by atomic mass is 31.2. The SMILES string of the molecule is CCOC(=O)c1ccccc1OP(=O)(O)NC(C)(C)C(=O)OCC. The van der Waals surface area contributed by atoms with Crippen LogP contribution in [0.15, 0.2) is 24.3 Å². The summed E-state index contributed by atoms with van der Waals surface area (Å²) in [5, 5.41) is 2.23. The van der Waals surface area contributed by atoms with Gasteiger partial charge in [0, 0.05) is 0 Å². The van der Waals surface area contributed by atoms with Crippen LogP contribution in [0.2, 0.25) is 0 Å². The second-order valence-electron chi connectivity index (χ2n) is 5.29. The van der Waals surface area contributed by atoms with Crippen molar-refractivity contribution in [2.24, 2.45) is 0 Å². The van der Waals surface area contributed by atoms with E-state index in [9.17, 15) is 19.0 Å². The van der Waals surface area contributed by atoms with Crippen molar-refractivity contribution in [3.05, 3.63) is 29.8 Å². The van der Waals surface area contributed by atoms with Crippen LogP contribution in [0.25, 0.3) is 0 Å². The minimum atomic E-state index is -4.46. The summed E-state index contributed by atoms with van der Waals surface area (Å²) in [5.74, 6) is -1.52. The average Bonchev–Trinajstić information content (AvgIpc) is 2.46. The fourth-order valence-electron chi connectivity index (χ4n) is 1.79. The number of nitrogens with one attached hydrogen (secondary N) is 1. The Bertz CT molecular complexity index is 644. The third-order valence-corrected chi connectivity index (χ3v) is 4.10. The molecule has 0 aliphatic heterocycles. The first-order chi connectivity index (χ1) is 11.1. The largest absolute Gasteiger partial charge is 0.465 e. The fraction of sp³-hybridized carbons (Fsp3) is 0.467. The lowest BCUT2D eigenvalue weighted by Crippen LogP contribution is -2.46. The van der Waals surface area contributed by atoms with E-state index in [0.717, 1.165) is 0 Å². The highest BCUT2D eigenvalue weighted by Gasteiger charge is 2.38. The number of carbonyl (C=O) groups is 2. The Labute approximate surface area is 140 Å². The van der Waals surface area contributed by atoms with Crippen LogP contribution in [0.1, 0.15) is 38.1 Å². The lowest BCUT2D eigenvalue weighted by Gasteiger charge is -2.26. The van der Waals surface area contributed by atoms with Crippen LogP contribution in [0.5, 0.6) is 5.75 Å². The lowest BCUT2D eigenvalue weighted by atomic mass is 10.1. The maximum absolute atomic E-state index is 12.3. The van der Waals surface area contributed by atoms with Crippen molar-refractivity contribution in [2.75, 3.05) is 13.2 Å². The van der Waals surface area contributed by atoms with Gasteiger partial charge in [-0.1, -0.05) is 12.1 Å². The fourth-order valence-corrected chi connectivity index (χ4v) is 3.06.